The van der Waals surface area contributed by atoms with Crippen molar-refractivity contribution in [2.45, 2.75) is 52.2 Å². The summed E-state index contributed by atoms with van der Waals surface area (Å²) >= 11 is 0. The van der Waals surface area contributed by atoms with Crippen molar-refractivity contribution in [3.63, 3.8) is 0 Å². The largest absolute Gasteiger partial charge is 0.479 e. The summed E-state index contributed by atoms with van der Waals surface area (Å²) in [7, 11) is 0. The van der Waals surface area contributed by atoms with Crippen molar-refractivity contribution >= 4 is 5.97 Å². The first-order valence-corrected chi connectivity index (χ1v) is 8.33. The number of aromatic nitrogens is 2. The highest BCUT2D eigenvalue weighted by Crippen LogP contribution is 2.24. The maximum Gasteiger partial charge on any atom is 0.331 e. The van der Waals surface area contributed by atoms with Crippen LogP contribution in [-0.2, 0) is 16.8 Å². The zero-order valence-electron chi connectivity index (χ0n) is 14.8. The Bertz CT molecular complexity index is 668. The molecule has 1 aliphatic rings. The van der Waals surface area contributed by atoms with Crippen LogP contribution in [0.4, 0.5) is 4.39 Å². The molecule has 1 saturated heterocycles. The molecule has 1 atom stereocenters. The lowest BCUT2D eigenvalue weighted by Gasteiger charge is -2.34. The fourth-order valence-electron chi connectivity index (χ4n) is 3.19. The molecule has 0 aliphatic carbocycles. The fourth-order valence-corrected chi connectivity index (χ4v) is 3.19. The number of likely N-dealkylation sites (tertiary alicyclic amines) is 1. The first-order chi connectivity index (χ1) is 11.1. The van der Waals surface area contributed by atoms with Crippen molar-refractivity contribution in [1.29, 1.82) is 0 Å². The van der Waals surface area contributed by atoms with E-state index in [1.807, 2.05) is 18.7 Å². The van der Waals surface area contributed by atoms with Gasteiger partial charge in [-0.1, -0.05) is 13.8 Å². The highest BCUT2D eigenvalue weighted by Gasteiger charge is 2.38. The lowest BCUT2D eigenvalue weighted by atomic mass is 9.91. The number of rotatable bonds is 7. The number of hydrogen-bond donors (Lipinski definition) is 1. The molecule has 1 aromatic heterocycles. The number of aliphatic carboxylic acids is 1. The summed E-state index contributed by atoms with van der Waals surface area (Å²) in [5, 5.41) is 14.0. The Balaban J connectivity index is 2.30. The second-order valence-electron chi connectivity index (χ2n) is 7.31. The molecule has 0 aromatic carbocycles. The van der Waals surface area contributed by atoms with Gasteiger partial charge in [-0.2, -0.15) is 5.10 Å². The standard InChI is InChI=1S/C17H26FN3O3/c1-11(2)8-17(4,16(23)24)21-15(22)7-12(3)14(19-21)5-6-20-9-13(18)10-20/h7,11,13H,5-6,8-10H2,1-4H3,(H,23,24). The molecule has 1 fully saturated rings. The Morgan fingerprint density at radius 1 is 1.50 bits per heavy atom. The molecular formula is C17H26FN3O3. The second kappa shape index (κ2) is 7.01. The Morgan fingerprint density at radius 2 is 2.12 bits per heavy atom. The van der Waals surface area contributed by atoms with E-state index >= 15 is 0 Å². The van der Waals surface area contributed by atoms with Crippen LogP contribution in [0, 0.1) is 12.8 Å². The lowest BCUT2D eigenvalue weighted by Crippen LogP contribution is -2.49. The Morgan fingerprint density at radius 3 is 2.62 bits per heavy atom. The first kappa shape index (κ1) is 18.6. The minimum absolute atomic E-state index is 0.104. The van der Waals surface area contributed by atoms with Gasteiger partial charge in [0.25, 0.3) is 5.56 Å². The number of hydrogen-bond acceptors (Lipinski definition) is 4. The van der Waals surface area contributed by atoms with Crippen molar-refractivity contribution in [3.8, 4) is 0 Å². The molecule has 0 bridgehead atoms. The molecule has 0 amide bonds. The van der Waals surface area contributed by atoms with Gasteiger partial charge in [-0.3, -0.25) is 9.69 Å². The molecule has 1 N–H and O–H groups in total. The third-order valence-electron chi connectivity index (χ3n) is 4.54. The maximum atomic E-state index is 12.9. The lowest BCUT2D eigenvalue weighted by molar-refractivity contribution is -0.148. The highest BCUT2D eigenvalue weighted by atomic mass is 19.1. The number of alkyl halides is 1. The summed E-state index contributed by atoms with van der Waals surface area (Å²) in [5.74, 6) is -0.962. The molecule has 0 spiro atoms. The van der Waals surface area contributed by atoms with Crippen LogP contribution in [0.5, 0.6) is 0 Å². The van der Waals surface area contributed by atoms with Crippen LogP contribution in [0.15, 0.2) is 10.9 Å². The smallest absolute Gasteiger partial charge is 0.331 e. The monoisotopic (exact) mass is 339 g/mol. The van der Waals surface area contributed by atoms with Crippen LogP contribution in [0.25, 0.3) is 0 Å². The predicted molar refractivity (Wildman–Crippen MR) is 89.0 cm³/mol. The summed E-state index contributed by atoms with van der Waals surface area (Å²) in [5.41, 5.74) is -0.359. The molecule has 1 aliphatic heterocycles. The third kappa shape index (κ3) is 3.83. The second-order valence-corrected chi connectivity index (χ2v) is 7.31. The van der Waals surface area contributed by atoms with Gasteiger partial charge < -0.3 is 5.11 Å². The number of halogens is 1. The van der Waals surface area contributed by atoms with Crippen LogP contribution in [0.2, 0.25) is 0 Å². The highest BCUT2D eigenvalue weighted by molar-refractivity contribution is 5.76. The van der Waals surface area contributed by atoms with E-state index in [4.69, 9.17) is 0 Å². The van der Waals surface area contributed by atoms with Gasteiger partial charge in [-0.15, -0.1) is 0 Å². The predicted octanol–water partition coefficient (Wildman–Crippen LogP) is 1.59. The van der Waals surface area contributed by atoms with E-state index in [2.05, 4.69) is 5.10 Å². The van der Waals surface area contributed by atoms with Gasteiger partial charge >= 0.3 is 5.97 Å². The van der Waals surface area contributed by atoms with Gasteiger partial charge in [0, 0.05) is 32.1 Å². The van der Waals surface area contributed by atoms with Crippen molar-refractivity contribution in [1.82, 2.24) is 14.7 Å². The van der Waals surface area contributed by atoms with Crippen molar-refractivity contribution in [2.24, 2.45) is 5.92 Å². The van der Waals surface area contributed by atoms with Gasteiger partial charge in [0.1, 0.15) is 6.17 Å². The summed E-state index contributed by atoms with van der Waals surface area (Å²) in [6.07, 6.45) is 0.123. The van der Waals surface area contributed by atoms with Gasteiger partial charge in [0.2, 0.25) is 0 Å². The molecule has 134 valence electrons. The van der Waals surface area contributed by atoms with Crippen LogP contribution >= 0.6 is 0 Å². The van der Waals surface area contributed by atoms with Gasteiger partial charge in [0.15, 0.2) is 5.54 Å². The minimum atomic E-state index is -1.38. The zero-order chi connectivity index (χ0) is 18.1. The molecule has 1 aromatic rings. The van der Waals surface area contributed by atoms with E-state index in [-0.39, 0.29) is 5.92 Å². The number of carboxylic acid groups (broad SMARTS) is 1. The van der Waals surface area contributed by atoms with Crippen molar-refractivity contribution < 1.29 is 14.3 Å². The molecule has 2 rings (SSSR count). The van der Waals surface area contributed by atoms with Gasteiger partial charge in [0.05, 0.1) is 5.69 Å². The third-order valence-corrected chi connectivity index (χ3v) is 4.54. The van der Waals surface area contributed by atoms with Crippen molar-refractivity contribution in [2.75, 3.05) is 19.6 Å². The first-order valence-electron chi connectivity index (χ1n) is 8.33. The summed E-state index contributed by atoms with van der Waals surface area (Å²) in [6.45, 7) is 8.67. The molecule has 7 heteroatoms. The molecule has 2 heterocycles. The molecule has 0 radical (unpaired) electrons. The fraction of sp³-hybridized carbons (Fsp3) is 0.706. The summed E-state index contributed by atoms with van der Waals surface area (Å²) in [4.78, 5) is 26.1. The van der Waals surface area contributed by atoms with E-state index in [0.29, 0.717) is 38.2 Å². The number of carboxylic acids is 1. The average Bonchev–Trinajstić information content (AvgIpc) is 2.42. The van der Waals surface area contributed by atoms with Crippen molar-refractivity contribution in [3.05, 3.63) is 27.7 Å². The minimum Gasteiger partial charge on any atom is -0.479 e. The Kier molecular flexibility index (Phi) is 5.42. The summed E-state index contributed by atoms with van der Waals surface area (Å²) in [6, 6.07) is 1.44. The van der Waals surface area contributed by atoms with E-state index in [1.54, 1.807) is 6.92 Å². The van der Waals surface area contributed by atoms with Crippen LogP contribution < -0.4 is 5.56 Å². The Labute approximate surface area is 141 Å². The van der Waals surface area contributed by atoms with Crippen LogP contribution in [0.1, 0.15) is 38.4 Å². The average molecular weight is 339 g/mol. The molecule has 0 saturated carbocycles. The summed E-state index contributed by atoms with van der Waals surface area (Å²) < 4.78 is 14.0. The van der Waals surface area contributed by atoms with Gasteiger partial charge in [-0.05, 0) is 31.7 Å². The van der Waals surface area contributed by atoms with E-state index in [1.165, 1.54) is 13.0 Å². The molecular weight excluding hydrogens is 313 g/mol. The number of aryl methyl sites for hydroxylation is 1. The quantitative estimate of drug-likeness (QED) is 0.816. The molecule has 6 nitrogen and oxygen atoms in total. The Hall–Kier alpha value is -1.76. The van der Waals surface area contributed by atoms with E-state index in [9.17, 15) is 19.1 Å². The van der Waals surface area contributed by atoms with Crippen LogP contribution in [-0.4, -0.2) is 51.6 Å². The topological polar surface area (TPSA) is 75.4 Å². The number of carbonyl (C=O) groups is 1. The van der Waals surface area contributed by atoms with E-state index in [0.717, 1.165) is 10.2 Å². The van der Waals surface area contributed by atoms with Gasteiger partial charge in [-0.25, -0.2) is 13.9 Å². The molecule has 24 heavy (non-hydrogen) atoms. The van der Waals surface area contributed by atoms with Crippen LogP contribution in [0.3, 0.4) is 0 Å². The normalized spacial score (nSPS) is 18.4. The molecule has 1 unspecified atom stereocenters. The maximum absolute atomic E-state index is 12.9. The SMILES string of the molecule is Cc1cc(=O)n(C(C)(CC(C)C)C(=O)O)nc1CCN1CC(F)C1. The van der Waals surface area contributed by atoms with E-state index < -0.39 is 23.2 Å². The zero-order valence-corrected chi connectivity index (χ0v) is 14.8. The number of nitrogens with zero attached hydrogens (tertiary/aromatic N) is 3.